The Morgan fingerprint density at radius 3 is 2.72 bits per heavy atom. The van der Waals surface area contributed by atoms with Gasteiger partial charge in [0, 0.05) is 12.3 Å². The molecule has 1 fully saturated rings. The van der Waals surface area contributed by atoms with Crippen LogP contribution in [0.15, 0.2) is 0 Å². The van der Waals surface area contributed by atoms with Crippen molar-refractivity contribution in [2.24, 2.45) is 5.73 Å². The molecule has 5 heteroatoms. The molecule has 2 aliphatic heterocycles. The van der Waals surface area contributed by atoms with Gasteiger partial charge in [-0.3, -0.25) is 4.57 Å². The highest BCUT2D eigenvalue weighted by Gasteiger charge is 2.28. The number of likely N-dealkylation sites (tertiary alicyclic amines) is 1. The van der Waals surface area contributed by atoms with Gasteiger partial charge in [-0.1, -0.05) is 6.92 Å². The van der Waals surface area contributed by atoms with Crippen LogP contribution in [0, 0.1) is 0 Å². The number of nitrogens with two attached hydrogens (primary N) is 1. The van der Waals surface area contributed by atoms with Crippen LogP contribution in [0.4, 0.5) is 0 Å². The Labute approximate surface area is 108 Å². The molecule has 1 atom stereocenters. The molecule has 3 rings (SSSR count). The molecule has 0 amide bonds. The topological polar surface area (TPSA) is 60.0 Å². The lowest BCUT2D eigenvalue weighted by atomic mass is 9.95. The molecule has 1 unspecified atom stereocenters. The van der Waals surface area contributed by atoms with Crippen molar-refractivity contribution >= 4 is 0 Å². The summed E-state index contributed by atoms with van der Waals surface area (Å²) in [7, 11) is 0. The minimum atomic E-state index is 0.1000. The Hall–Kier alpha value is -0.940. The van der Waals surface area contributed by atoms with Crippen molar-refractivity contribution in [3.8, 4) is 0 Å². The highest BCUT2D eigenvalue weighted by molar-refractivity contribution is 5.07. The standard InChI is InChI=1S/C13H23N5/c1-2-17-8-6-10(7-9-17)13-16-15-12-5-3-4-11(14)18(12)13/h10-11H,2-9,14H2,1H3. The van der Waals surface area contributed by atoms with Gasteiger partial charge < -0.3 is 10.6 Å². The van der Waals surface area contributed by atoms with E-state index in [2.05, 4.69) is 26.6 Å². The monoisotopic (exact) mass is 249 g/mol. The zero-order valence-electron chi connectivity index (χ0n) is 11.2. The summed E-state index contributed by atoms with van der Waals surface area (Å²) in [5.41, 5.74) is 6.22. The van der Waals surface area contributed by atoms with Gasteiger partial charge in [-0.05, 0) is 45.3 Å². The summed E-state index contributed by atoms with van der Waals surface area (Å²) in [6.07, 6.45) is 5.73. The average Bonchev–Trinajstić information content (AvgIpc) is 2.84. The summed E-state index contributed by atoms with van der Waals surface area (Å²) in [6, 6.07) is 0. The van der Waals surface area contributed by atoms with Gasteiger partial charge in [0.15, 0.2) is 0 Å². The first kappa shape index (κ1) is 12.1. The Morgan fingerprint density at radius 2 is 2.00 bits per heavy atom. The van der Waals surface area contributed by atoms with Crippen molar-refractivity contribution in [2.75, 3.05) is 19.6 Å². The minimum absolute atomic E-state index is 0.1000. The van der Waals surface area contributed by atoms with E-state index in [0.717, 1.165) is 37.5 Å². The van der Waals surface area contributed by atoms with Gasteiger partial charge in [0.05, 0.1) is 6.17 Å². The molecular weight excluding hydrogens is 226 g/mol. The van der Waals surface area contributed by atoms with Crippen LogP contribution < -0.4 is 5.73 Å². The summed E-state index contributed by atoms with van der Waals surface area (Å²) in [4.78, 5) is 2.50. The summed E-state index contributed by atoms with van der Waals surface area (Å²) >= 11 is 0. The molecule has 0 aliphatic carbocycles. The molecule has 1 aromatic heterocycles. The van der Waals surface area contributed by atoms with E-state index in [9.17, 15) is 0 Å². The SMILES string of the molecule is CCN1CCC(c2nnc3n2C(N)CCC3)CC1. The van der Waals surface area contributed by atoms with Crippen molar-refractivity contribution in [1.29, 1.82) is 0 Å². The predicted octanol–water partition coefficient (Wildman–Crippen LogP) is 1.27. The Morgan fingerprint density at radius 1 is 1.22 bits per heavy atom. The van der Waals surface area contributed by atoms with Crippen molar-refractivity contribution in [3.05, 3.63) is 11.6 Å². The maximum atomic E-state index is 6.22. The molecule has 5 nitrogen and oxygen atoms in total. The van der Waals surface area contributed by atoms with Gasteiger partial charge in [-0.2, -0.15) is 0 Å². The first-order chi connectivity index (χ1) is 8.79. The molecule has 1 aromatic rings. The molecule has 2 aliphatic rings. The quantitative estimate of drug-likeness (QED) is 0.857. The summed E-state index contributed by atoms with van der Waals surface area (Å²) in [5, 5.41) is 8.78. The fraction of sp³-hybridized carbons (Fsp3) is 0.846. The normalized spacial score (nSPS) is 26.2. The van der Waals surface area contributed by atoms with Gasteiger partial charge in [-0.15, -0.1) is 10.2 Å². The van der Waals surface area contributed by atoms with Gasteiger partial charge in [0.2, 0.25) is 0 Å². The average molecular weight is 249 g/mol. The predicted molar refractivity (Wildman–Crippen MR) is 70.3 cm³/mol. The number of piperidine rings is 1. The van der Waals surface area contributed by atoms with Crippen LogP contribution >= 0.6 is 0 Å². The van der Waals surface area contributed by atoms with E-state index in [1.54, 1.807) is 0 Å². The van der Waals surface area contributed by atoms with E-state index >= 15 is 0 Å². The molecular formula is C13H23N5. The van der Waals surface area contributed by atoms with Crippen molar-refractivity contribution in [1.82, 2.24) is 19.7 Å². The second-order valence-corrected chi connectivity index (χ2v) is 5.51. The molecule has 0 saturated carbocycles. The maximum Gasteiger partial charge on any atom is 0.137 e. The zero-order valence-corrected chi connectivity index (χ0v) is 11.2. The third kappa shape index (κ3) is 2.06. The minimum Gasteiger partial charge on any atom is -0.311 e. The summed E-state index contributed by atoms with van der Waals surface area (Å²) in [5.74, 6) is 2.80. The van der Waals surface area contributed by atoms with Gasteiger partial charge in [0.25, 0.3) is 0 Å². The number of hydrogen-bond donors (Lipinski definition) is 1. The Balaban J connectivity index is 1.79. The summed E-state index contributed by atoms with van der Waals surface area (Å²) < 4.78 is 2.22. The van der Waals surface area contributed by atoms with Crippen molar-refractivity contribution in [2.45, 2.75) is 51.1 Å². The highest BCUT2D eigenvalue weighted by atomic mass is 15.3. The number of fused-ring (bicyclic) bond motifs is 1. The van der Waals surface area contributed by atoms with Crippen LogP contribution in [0.2, 0.25) is 0 Å². The van der Waals surface area contributed by atoms with E-state index in [-0.39, 0.29) is 6.17 Å². The first-order valence-corrected chi connectivity index (χ1v) is 7.21. The van der Waals surface area contributed by atoms with Crippen LogP contribution in [-0.4, -0.2) is 39.3 Å². The lowest BCUT2D eigenvalue weighted by Crippen LogP contribution is -2.34. The van der Waals surface area contributed by atoms with E-state index in [1.807, 2.05) is 0 Å². The van der Waals surface area contributed by atoms with Gasteiger partial charge >= 0.3 is 0 Å². The number of aromatic nitrogens is 3. The summed E-state index contributed by atoms with van der Waals surface area (Å²) in [6.45, 7) is 5.75. The molecule has 0 aromatic carbocycles. The fourth-order valence-electron chi connectivity index (χ4n) is 3.25. The number of rotatable bonds is 2. The molecule has 0 radical (unpaired) electrons. The van der Waals surface area contributed by atoms with Gasteiger partial charge in [-0.25, -0.2) is 0 Å². The maximum absolute atomic E-state index is 6.22. The van der Waals surface area contributed by atoms with Crippen LogP contribution in [0.1, 0.15) is 56.3 Å². The van der Waals surface area contributed by atoms with E-state index < -0.39 is 0 Å². The fourth-order valence-corrected chi connectivity index (χ4v) is 3.25. The molecule has 100 valence electrons. The largest absolute Gasteiger partial charge is 0.311 e. The van der Waals surface area contributed by atoms with Crippen molar-refractivity contribution < 1.29 is 0 Å². The number of nitrogens with zero attached hydrogens (tertiary/aromatic N) is 4. The molecule has 2 N–H and O–H groups in total. The first-order valence-electron chi connectivity index (χ1n) is 7.21. The van der Waals surface area contributed by atoms with Crippen LogP contribution in [0.3, 0.4) is 0 Å². The number of aryl methyl sites for hydroxylation is 1. The molecule has 3 heterocycles. The Bertz CT molecular complexity index is 406. The second-order valence-electron chi connectivity index (χ2n) is 5.51. The van der Waals surface area contributed by atoms with Crippen LogP contribution in [-0.2, 0) is 6.42 Å². The number of hydrogen-bond acceptors (Lipinski definition) is 4. The molecule has 0 bridgehead atoms. The van der Waals surface area contributed by atoms with Crippen LogP contribution in [0.5, 0.6) is 0 Å². The van der Waals surface area contributed by atoms with Crippen LogP contribution in [0.25, 0.3) is 0 Å². The second kappa shape index (κ2) is 4.97. The van der Waals surface area contributed by atoms with Crippen molar-refractivity contribution in [3.63, 3.8) is 0 Å². The third-order valence-corrected chi connectivity index (χ3v) is 4.42. The molecule has 1 saturated heterocycles. The molecule has 18 heavy (non-hydrogen) atoms. The Kier molecular flexibility index (Phi) is 3.35. The van der Waals surface area contributed by atoms with E-state index in [1.165, 1.54) is 25.9 Å². The highest BCUT2D eigenvalue weighted by Crippen LogP contribution is 2.31. The lowest BCUT2D eigenvalue weighted by molar-refractivity contribution is 0.214. The molecule has 0 spiro atoms. The third-order valence-electron chi connectivity index (χ3n) is 4.42. The smallest absolute Gasteiger partial charge is 0.137 e. The van der Waals surface area contributed by atoms with Gasteiger partial charge in [0.1, 0.15) is 11.6 Å². The zero-order chi connectivity index (χ0) is 12.5. The lowest BCUT2D eigenvalue weighted by Gasteiger charge is -2.32. The van der Waals surface area contributed by atoms with E-state index in [4.69, 9.17) is 5.73 Å². The van der Waals surface area contributed by atoms with E-state index in [0.29, 0.717) is 5.92 Å².